The van der Waals surface area contributed by atoms with E-state index in [1.54, 1.807) is 13.0 Å². The molecule has 0 radical (unpaired) electrons. The van der Waals surface area contributed by atoms with Gasteiger partial charge in [0.2, 0.25) is 0 Å². The number of piperazine rings is 1. The van der Waals surface area contributed by atoms with Gasteiger partial charge in [-0.3, -0.25) is 0 Å². The summed E-state index contributed by atoms with van der Waals surface area (Å²) in [5.41, 5.74) is -1.77. The third kappa shape index (κ3) is 6.23. The molecular formula is C19H30F3N3O. The maximum atomic E-state index is 12.9. The van der Waals surface area contributed by atoms with Crippen LogP contribution in [-0.4, -0.2) is 79.7 Å². The molecule has 1 aromatic carbocycles. The van der Waals surface area contributed by atoms with Gasteiger partial charge in [-0.2, -0.15) is 13.2 Å². The predicted molar refractivity (Wildman–Crippen MR) is 97.1 cm³/mol. The van der Waals surface area contributed by atoms with Crippen molar-refractivity contribution in [1.82, 2.24) is 14.7 Å². The molecule has 1 N–H and O–H groups in total. The summed E-state index contributed by atoms with van der Waals surface area (Å²) in [6.45, 7) is 7.96. The molecule has 26 heavy (non-hydrogen) atoms. The van der Waals surface area contributed by atoms with Crippen LogP contribution in [0.15, 0.2) is 24.3 Å². The number of hydrogen-bond donors (Lipinski definition) is 1. The summed E-state index contributed by atoms with van der Waals surface area (Å²) in [7, 11) is 4.02. The monoisotopic (exact) mass is 373 g/mol. The van der Waals surface area contributed by atoms with E-state index < -0.39 is 17.3 Å². The molecule has 0 spiro atoms. The highest BCUT2D eigenvalue weighted by atomic mass is 19.4. The molecule has 0 saturated carbocycles. The maximum Gasteiger partial charge on any atom is 0.416 e. The first-order valence-electron chi connectivity index (χ1n) is 9.07. The number of nitrogens with zero attached hydrogens (tertiary/aromatic N) is 3. The van der Waals surface area contributed by atoms with Crippen LogP contribution in [0, 0.1) is 0 Å². The van der Waals surface area contributed by atoms with Crippen LogP contribution in [0.25, 0.3) is 0 Å². The maximum absolute atomic E-state index is 12.9. The van der Waals surface area contributed by atoms with Crippen LogP contribution in [0.1, 0.15) is 24.5 Å². The van der Waals surface area contributed by atoms with Gasteiger partial charge in [0.05, 0.1) is 11.2 Å². The van der Waals surface area contributed by atoms with Gasteiger partial charge in [0.15, 0.2) is 0 Å². The van der Waals surface area contributed by atoms with Crippen molar-refractivity contribution in [3.63, 3.8) is 0 Å². The standard InChI is InChI=1S/C19H30F3N3O/c1-18(26,16-6-4-7-17(14-16)19(20,21)22)15-24(3)8-5-9-25-12-10-23(2)11-13-25/h4,6-7,14,26H,5,8-13,15H2,1-3H3. The SMILES string of the molecule is CN1CCN(CCCN(C)CC(C)(O)c2cccc(C(F)(F)F)c2)CC1. The number of benzene rings is 1. The Labute approximate surface area is 154 Å². The summed E-state index contributed by atoms with van der Waals surface area (Å²) in [6, 6.07) is 4.96. The fourth-order valence-corrected chi connectivity index (χ4v) is 3.36. The summed E-state index contributed by atoms with van der Waals surface area (Å²) in [5, 5.41) is 10.7. The van der Waals surface area contributed by atoms with Gasteiger partial charge in [-0.1, -0.05) is 12.1 Å². The lowest BCUT2D eigenvalue weighted by atomic mass is 9.93. The molecule has 148 valence electrons. The van der Waals surface area contributed by atoms with Crippen molar-refractivity contribution in [2.24, 2.45) is 0 Å². The van der Waals surface area contributed by atoms with Gasteiger partial charge in [0.25, 0.3) is 0 Å². The lowest BCUT2D eigenvalue weighted by Crippen LogP contribution is -2.45. The first-order valence-corrected chi connectivity index (χ1v) is 9.07. The van der Waals surface area contributed by atoms with E-state index in [4.69, 9.17) is 0 Å². The summed E-state index contributed by atoms with van der Waals surface area (Å²) in [6.07, 6.45) is -3.43. The molecule has 1 fully saturated rings. The zero-order chi connectivity index (χ0) is 19.4. The Balaban J connectivity index is 1.84. The zero-order valence-corrected chi connectivity index (χ0v) is 15.9. The Hall–Kier alpha value is -1.15. The van der Waals surface area contributed by atoms with E-state index in [0.29, 0.717) is 5.56 Å². The van der Waals surface area contributed by atoms with E-state index in [1.165, 1.54) is 6.07 Å². The fourth-order valence-electron chi connectivity index (χ4n) is 3.36. The van der Waals surface area contributed by atoms with Crippen molar-refractivity contribution < 1.29 is 18.3 Å². The number of hydrogen-bond acceptors (Lipinski definition) is 4. The molecule has 2 rings (SSSR count). The van der Waals surface area contributed by atoms with Crippen LogP contribution in [0.3, 0.4) is 0 Å². The highest BCUT2D eigenvalue weighted by Crippen LogP contribution is 2.32. The Morgan fingerprint density at radius 1 is 1.12 bits per heavy atom. The van der Waals surface area contributed by atoms with Gasteiger partial charge in [-0.25, -0.2) is 0 Å². The number of halogens is 3. The van der Waals surface area contributed by atoms with Crippen LogP contribution in [0.2, 0.25) is 0 Å². The third-order valence-electron chi connectivity index (χ3n) is 5.00. The number of alkyl halides is 3. The predicted octanol–water partition coefficient (Wildman–Crippen LogP) is 2.48. The van der Waals surface area contributed by atoms with E-state index in [0.717, 1.165) is 57.8 Å². The molecule has 1 unspecified atom stereocenters. The fraction of sp³-hybridized carbons (Fsp3) is 0.684. The van der Waals surface area contributed by atoms with Gasteiger partial charge < -0.3 is 19.8 Å². The van der Waals surface area contributed by atoms with E-state index in [-0.39, 0.29) is 6.54 Å². The van der Waals surface area contributed by atoms with Crippen molar-refractivity contribution >= 4 is 0 Å². The number of aliphatic hydroxyl groups is 1. The largest absolute Gasteiger partial charge is 0.416 e. The van der Waals surface area contributed by atoms with Crippen molar-refractivity contribution in [2.75, 3.05) is 59.9 Å². The second-order valence-electron chi connectivity index (χ2n) is 7.59. The molecule has 0 aromatic heterocycles. The van der Waals surface area contributed by atoms with Crippen LogP contribution in [-0.2, 0) is 11.8 Å². The molecule has 7 heteroatoms. The van der Waals surface area contributed by atoms with Gasteiger partial charge in [0, 0.05) is 32.7 Å². The molecule has 1 aromatic rings. The average molecular weight is 373 g/mol. The number of rotatable bonds is 7. The molecule has 4 nitrogen and oxygen atoms in total. The molecular weight excluding hydrogens is 343 g/mol. The van der Waals surface area contributed by atoms with Gasteiger partial charge in [0.1, 0.15) is 0 Å². The van der Waals surface area contributed by atoms with Gasteiger partial charge >= 0.3 is 6.18 Å². The van der Waals surface area contributed by atoms with Gasteiger partial charge in [-0.15, -0.1) is 0 Å². The first-order chi connectivity index (χ1) is 12.1. The first kappa shape index (κ1) is 21.2. The summed E-state index contributed by atoms with van der Waals surface area (Å²) in [4.78, 5) is 6.73. The molecule has 0 amide bonds. The van der Waals surface area contributed by atoms with E-state index >= 15 is 0 Å². The van der Waals surface area contributed by atoms with E-state index in [9.17, 15) is 18.3 Å². The summed E-state index contributed by atoms with van der Waals surface area (Å²) >= 11 is 0. The van der Waals surface area contributed by atoms with Crippen LogP contribution < -0.4 is 0 Å². The molecule has 0 aliphatic carbocycles. The lowest BCUT2D eigenvalue weighted by Gasteiger charge is -2.33. The minimum atomic E-state index is -4.40. The van der Waals surface area contributed by atoms with Crippen molar-refractivity contribution in [3.05, 3.63) is 35.4 Å². The molecule has 0 bridgehead atoms. The second kappa shape index (κ2) is 8.69. The molecule has 1 aliphatic heterocycles. The third-order valence-corrected chi connectivity index (χ3v) is 5.00. The Morgan fingerprint density at radius 3 is 2.35 bits per heavy atom. The normalized spacial score (nSPS) is 19.7. The van der Waals surface area contributed by atoms with Crippen molar-refractivity contribution in [1.29, 1.82) is 0 Å². The summed E-state index contributed by atoms with van der Waals surface area (Å²) in [5.74, 6) is 0. The van der Waals surface area contributed by atoms with Crippen LogP contribution >= 0.6 is 0 Å². The van der Waals surface area contributed by atoms with E-state index in [1.807, 2.05) is 11.9 Å². The van der Waals surface area contributed by atoms with Gasteiger partial charge in [-0.05, 0) is 58.2 Å². The second-order valence-corrected chi connectivity index (χ2v) is 7.59. The lowest BCUT2D eigenvalue weighted by molar-refractivity contribution is -0.137. The smallest absolute Gasteiger partial charge is 0.384 e. The topological polar surface area (TPSA) is 30.0 Å². The average Bonchev–Trinajstić information content (AvgIpc) is 2.55. The molecule has 1 saturated heterocycles. The Kier molecular flexibility index (Phi) is 7.07. The Bertz CT molecular complexity index is 569. The minimum Gasteiger partial charge on any atom is -0.384 e. The molecule has 1 heterocycles. The summed E-state index contributed by atoms with van der Waals surface area (Å²) < 4.78 is 38.7. The highest BCUT2D eigenvalue weighted by molar-refractivity contribution is 5.29. The number of likely N-dealkylation sites (N-methyl/N-ethyl adjacent to an activating group) is 2. The van der Waals surface area contributed by atoms with Crippen LogP contribution in [0.5, 0.6) is 0 Å². The van der Waals surface area contributed by atoms with Crippen LogP contribution in [0.4, 0.5) is 13.2 Å². The Morgan fingerprint density at radius 2 is 1.73 bits per heavy atom. The van der Waals surface area contributed by atoms with Crippen molar-refractivity contribution in [3.8, 4) is 0 Å². The molecule has 1 aliphatic rings. The van der Waals surface area contributed by atoms with E-state index in [2.05, 4.69) is 16.8 Å². The molecule has 1 atom stereocenters. The zero-order valence-electron chi connectivity index (χ0n) is 15.9. The minimum absolute atomic E-state index is 0.289. The quantitative estimate of drug-likeness (QED) is 0.795. The van der Waals surface area contributed by atoms with Crippen molar-refractivity contribution in [2.45, 2.75) is 25.1 Å². The highest BCUT2D eigenvalue weighted by Gasteiger charge is 2.33.